The van der Waals surface area contributed by atoms with E-state index in [1.54, 1.807) is 20.9 Å². The third-order valence-corrected chi connectivity index (χ3v) is 3.55. The molecule has 4 nitrogen and oxygen atoms in total. The minimum absolute atomic E-state index is 0. The maximum Gasteiger partial charge on any atom is 0.418 e. The number of aryl methyl sites for hydroxylation is 3. The van der Waals surface area contributed by atoms with Crippen LogP contribution in [0.25, 0.3) is 11.4 Å². The highest BCUT2D eigenvalue weighted by atomic mass is 19.4. The van der Waals surface area contributed by atoms with E-state index in [1.165, 1.54) is 18.5 Å². The van der Waals surface area contributed by atoms with Gasteiger partial charge in [-0.15, -0.1) is 0 Å². The van der Waals surface area contributed by atoms with Crippen molar-refractivity contribution in [3.8, 4) is 11.4 Å². The average Bonchev–Trinajstić information content (AvgIpc) is 2.65. The molecule has 2 heterocycles. The van der Waals surface area contributed by atoms with Crippen molar-refractivity contribution in [3.05, 3.63) is 34.1 Å². The lowest BCUT2D eigenvalue weighted by Gasteiger charge is -2.13. The summed E-state index contributed by atoms with van der Waals surface area (Å²) in [6, 6.07) is 1.07. The number of carbonyl (C=O) groups excluding carboxylic acids is 1. The first-order valence-electron chi connectivity index (χ1n) is 6.64. The van der Waals surface area contributed by atoms with Crippen LogP contribution in [0, 0.1) is 20.8 Å². The lowest BCUT2D eigenvalue weighted by Crippen LogP contribution is -2.10. The number of hydrogen-bond donors (Lipinski definition) is 0. The number of nitrogens with zero attached hydrogens (tertiary/aromatic N) is 3. The zero-order valence-electron chi connectivity index (χ0n) is 13.0. The van der Waals surface area contributed by atoms with E-state index in [2.05, 4.69) is 10.1 Å². The van der Waals surface area contributed by atoms with Gasteiger partial charge in [0.1, 0.15) is 11.4 Å². The molecule has 0 aliphatic rings. The van der Waals surface area contributed by atoms with Crippen LogP contribution in [-0.2, 0) is 13.2 Å². The summed E-state index contributed by atoms with van der Waals surface area (Å²) in [7, 11) is 1.62. The Kier molecular flexibility index (Phi) is 5.03. The number of alkyl halides is 3. The first kappa shape index (κ1) is 18.9. The van der Waals surface area contributed by atoms with Crippen LogP contribution in [0.1, 0.15) is 47.2 Å². The molecule has 0 atom stereocenters. The fourth-order valence-corrected chi connectivity index (χ4v) is 2.58. The van der Waals surface area contributed by atoms with Crippen molar-refractivity contribution in [2.24, 2.45) is 7.05 Å². The quantitative estimate of drug-likeness (QED) is 0.774. The van der Waals surface area contributed by atoms with Gasteiger partial charge >= 0.3 is 6.18 Å². The minimum Gasteiger partial charge on any atom is -0.293 e. The summed E-state index contributed by atoms with van der Waals surface area (Å²) in [5, 5.41) is 4.25. The summed E-state index contributed by atoms with van der Waals surface area (Å²) < 4.78 is 40.2. The molecular weight excluding hydrogens is 307 g/mol. The Bertz CT molecular complexity index is 761. The molecule has 2 rings (SSSR count). The zero-order valence-corrected chi connectivity index (χ0v) is 13.0. The average molecular weight is 327 g/mol. The Balaban J connectivity index is 0.00000264. The van der Waals surface area contributed by atoms with Gasteiger partial charge in [-0.05, 0) is 32.4 Å². The van der Waals surface area contributed by atoms with E-state index in [9.17, 15) is 18.0 Å². The molecule has 0 fully saturated rings. The molecule has 0 aliphatic heterocycles. The zero-order chi connectivity index (χ0) is 16.8. The van der Waals surface area contributed by atoms with Crippen LogP contribution in [0.15, 0.2) is 6.07 Å². The molecule has 0 saturated carbocycles. The van der Waals surface area contributed by atoms with Crippen molar-refractivity contribution >= 4 is 5.78 Å². The predicted molar refractivity (Wildman–Crippen MR) is 82.4 cm³/mol. The van der Waals surface area contributed by atoms with Crippen molar-refractivity contribution in [2.45, 2.75) is 41.3 Å². The van der Waals surface area contributed by atoms with Gasteiger partial charge in [0.25, 0.3) is 0 Å². The molecule has 0 N–H and O–H groups in total. The number of hydrogen-bond acceptors (Lipinski definition) is 3. The van der Waals surface area contributed by atoms with Crippen molar-refractivity contribution in [1.82, 2.24) is 14.8 Å². The fraction of sp³-hybridized carbons (Fsp3) is 0.438. The smallest absolute Gasteiger partial charge is 0.293 e. The molecule has 0 aromatic carbocycles. The van der Waals surface area contributed by atoms with Crippen LogP contribution in [-0.4, -0.2) is 20.5 Å². The molecule has 0 spiro atoms. The normalized spacial score (nSPS) is 11.3. The molecule has 0 unspecified atom stereocenters. The summed E-state index contributed by atoms with van der Waals surface area (Å²) in [6.07, 6.45) is -4.44. The Morgan fingerprint density at radius 2 is 1.74 bits per heavy atom. The maximum atomic E-state index is 12.9. The van der Waals surface area contributed by atoms with Crippen molar-refractivity contribution in [3.63, 3.8) is 0 Å². The summed E-state index contributed by atoms with van der Waals surface area (Å²) in [5.41, 5.74) is 1.34. The molecule has 0 radical (unpaired) electrons. The van der Waals surface area contributed by atoms with Crippen LogP contribution < -0.4 is 0 Å². The lowest BCUT2D eigenvalue weighted by atomic mass is 10.0. The van der Waals surface area contributed by atoms with E-state index in [0.717, 1.165) is 6.07 Å². The van der Waals surface area contributed by atoms with Gasteiger partial charge in [0.05, 0.1) is 17.0 Å². The van der Waals surface area contributed by atoms with Crippen LogP contribution in [0.2, 0.25) is 0 Å². The van der Waals surface area contributed by atoms with E-state index in [4.69, 9.17) is 0 Å². The van der Waals surface area contributed by atoms with Crippen LogP contribution >= 0.6 is 0 Å². The Morgan fingerprint density at radius 1 is 1.17 bits per heavy atom. The van der Waals surface area contributed by atoms with Gasteiger partial charge in [0.15, 0.2) is 5.78 Å². The number of pyridine rings is 1. The molecular formula is C16H20F3N3O. The van der Waals surface area contributed by atoms with Gasteiger partial charge < -0.3 is 0 Å². The summed E-state index contributed by atoms with van der Waals surface area (Å²) in [4.78, 5) is 15.7. The van der Waals surface area contributed by atoms with E-state index in [1.807, 2.05) is 0 Å². The van der Waals surface area contributed by atoms with Gasteiger partial charge in [-0.1, -0.05) is 7.43 Å². The van der Waals surface area contributed by atoms with Gasteiger partial charge in [0, 0.05) is 19.5 Å². The highest BCUT2D eigenvalue weighted by molar-refractivity contribution is 5.95. The number of carbonyl (C=O) groups is 1. The molecule has 0 aliphatic carbocycles. The topological polar surface area (TPSA) is 47.8 Å². The molecule has 0 bridgehead atoms. The Morgan fingerprint density at radius 3 is 2.17 bits per heavy atom. The van der Waals surface area contributed by atoms with E-state index in [-0.39, 0.29) is 18.9 Å². The van der Waals surface area contributed by atoms with Crippen molar-refractivity contribution < 1.29 is 18.0 Å². The number of aromatic nitrogens is 3. The van der Waals surface area contributed by atoms with Crippen LogP contribution in [0.3, 0.4) is 0 Å². The van der Waals surface area contributed by atoms with Crippen LogP contribution in [0.4, 0.5) is 13.2 Å². The van der Waals surface area contributed by atoms with Gasteiger partial charge in [0.2, 0.25) is 0 Å². The molecule has 0 saturated heterocycles. The first-order valence-corrected chi connectivity index (χ1v) is 6.64. The lowest BCUT2D eigenvalue weighted by molar-refractivity contribution is -0.138. The fourth-order valence-electron chi connectivity index (χ4n) is 2.58. The Hall–Kier alpha value is -2.18. The standard InChI is InChI=1S/C15H16F3N3O.CH4/c1-7-6-11(15(16,17)18)9(3)19-12(7)13-8(2)14(10(4)22)21(5)20-13;/h6H,1-5H3;1H4. The largest absolute Gasteiger partial charge is 0.418 e. The predicted octanol–water partition coefficient (Wildman–Crippen LogP) is 4.26. The van der Waals surface area contributed by atoms with Gasteiger partial charge in [-0.3, -0.25) is 14.5 Å². The number of ketones is 1. The molecule has 7 heteroatoms. The summed E-state index contributed by atoms with van der Waals surface area (Å²) in [5.74, 6) is -0.153. The first-order chi connectivity index (χ1) is 10.0. The van der Waals surface area contributed by atoms with Crippen molar-refractivity contribution in [1.29, 1.82) is 0 Å². The van der Waals surface area contributed by atoms with Crippen LogP contribution in [0.5, 0.6) is 0 Å². The number of Topliss-reactive ketones (excluding diaryl/α,β-unsaturated/α-hetero) is 1. The number of rotatable bonds is 2. The SMILES string of the molecule is C.CC(=O)c1c(C)c(-c2nc(C)c(C(F)(F)F)cc2C)nn1C. The van der Waals surface area contributed by atoms with E-state index >= 15 is 0 Å². The van der Waals surface area contributed by atoms with E-state index in [0.29, 0.717) is 28.2 Å². The highest BCUT2D eigenvalue weighted by Gasteiger charge is 2.34. The third kappa shape index (κ3) is 3.28. The minimum atomic E-state index is -4.44. The molecule has 126 valence electrons. The Labute approximate surface area is 133 Å². The van der Waals surface area contributed by atoms with Crippen molar-refractivity contribution in [2.75, 3.05) is 0 Å². The second-order valence-electron chi connectivity index (χ2n) is 5.29. The van der Waals surface area contributed by atoms with Gasteiger partial charge in [-0.2, -0.15) is 18.3 Å². The maximum absolute atomic E-state index is 12.9. The highest BCUT2D eigenvalue weighted by Crippen LogP contribution is 2.34. The third-order valence-electron chi connectivity index (χ3n) is 3.55. The van der Waals surface area contributed by atoms with E-state index < -0.39 is 11.7 Å². The molecule has 0 amide bonds. The molecule has 2 aromatic heterocycles. The number of halogens is 3. The second kappa shape index (κ2) is 6.14. The van der Waals surface area contributed by atoms with Gasteiger partial charge in [-0.25, -0.2) is 0 Å². The summed E-state index contributed by atoms with van der Waals surface area (Å²) in [6.45, 7) is 6.01. The second-order valence-corrected chi connectivity index (χ2v) is 5.29. The molecule has 23 heavy (non-hydrogen) atoms. The molecule has 2 aromatic rings. The monoisotopic (exact) mass is 327 g/mol. The summed E-state index contributed by atoms with van der Waals surface area (Å²) >= 11 is 0.